The highest BCUT2D eigenvalue weighted by Gasteiger charge is 2.20. The molecule has 0 bridgehead atoms. The van der Waals surface area contributed by atoms with Crippen LogP contribution in [0.3, 0.4) is 0 Å². The van der Waals surface area contributed by atoms with Crippen LogP contribution < -0.4 is 5.73 Å². The summed E-state index contributed by atoms with van der Waals surface area (Å²) in [4.78, 5) is 24.5. The molecule has 2 N–H and O–H groups in total. The van der Waals surface area contributed by atoms with Crippen molar-refractivity contribution >= 4 is 12.0 Å². The Labute approximate surface area is 113 Å². The monoisotopic (exact) mass is 264 g/mol. The molecular weight excluding hydrogens is 244 g/mol. The number of carbonyl (C=O) groups excluding carboxylic acids is 2. The molecule has 0 aliphatic rings. The molecule has 0 spiro atoms. The van der Waals surface area contributed by atoms with Gasteiger partial charge in [-0.1, -0.05) is 18.2 Å². The largest absolute Gasteiger partial charge is 0.444 e. The average molecular weight is 264 g/mol. The highest BCUT2D eigenvalue weighted by atomic mass is 16.6. The Bertz CT molecular complexity index is 478. The van der Waals surface area contributed by atoms with Gasteiger partial charge >= 0.3 is 6.09 Å². The van der Waals surface area contributed by atoms with Gasteiger partial charge in [0.2, 0.25) is 5.91 Å². The molecule has 1 aromatic carbocycles. The summed E-state index contributed by atoms with van der Waals surface area (Å²) >= 11 is 0. The highest BCUT2D eigenvalue weighted by Crippen LogP contribution is 2.14. The van der Waals surface area contributed by atoms with E-state index in [0.29, 0.717) is 11.1 Å². The zero-order valence-corrected chi connectivity index (χ0v) is 11.8. The van der Waals surface area contributed by atoms with Crippen LogP contribution in [0.4, 0.5) is 4.79 Å². The first-order chi connectivity index (χ1) is 8.70. The minimum atomic E-state index is -0.547. The van der Waals surface area contributed by atoms with Gasteiger partial charge in [0.05, 0.1) is 0 Å². The second-order valence-corrected chi connectivity index (χ2v) is 5.36. The van der Waals surface area contributed by atoms with E-state index in [9.17, 15) is 9.59 Å². The number of primary amides is 1. The molecule has 0 aromatic heterocycles. The molecular formula is C14H20N2O3. The maximum atomic E-state index is 11.8. The summed E-state index contributed by atoms with van der Waals surface area (Å²) in [6.07, 6.45) is -0.438. The summed E-state index contributed by atoms with van der Waals surface area (Å²) in [7, 11) is 1.62. The molecule has 1 rings (SSSR count). The van der Waals surface area contributed by atoms with Gasteiger partial charge in [0.25, 0.3) is 0 Å². The third-order valence-corrected chi connectivity index (χ3v) is 2.40. The molecule has 104 valence electrons. The number of ether oxygens (including phenoxy) is 1. The molecule has 0 aliphatic carbocycles. The molecule has 2 amide bonds. The molecule has 0 saturated heterocycles. The zero-order valence-electron chi connectivity index (χ0n) is 11.8. The van der Waals surface area contributed by atoms with Crippen molar-refractivity contribution < 1.29 is 14.3 Å². The zero-order chi connectivity index (χ0) is 14.6. The predicted octanol–water partition coefficient (Wildman–Crippen LogP) is 2.15. The minimum absolute atomic E-state index is 0.272. The van der Waals surface area contributed by atoms with Gasteiger partial charge in [-0.2, -0.15) is 0 Å². The Balaban J connectivity index is 2.80. The van der Waals surface area contributed by atoms with Crippen LogP contribution in [0.2, 0.25) is 0 Å². The van der Waals surface area contributed by atoms with Crippen LogP contribution in [0, 0.1) is 0 Å². The Morgan fingerprint density at radius 3 is 2.37 bits per heavy atom. The highest BCUT2D eigenvalue weighted by molar-refractivity contribution is 5.94. The van der Waals surface area contributed by atoms with Gasteiger partial charge in [-0.25, -0.2) is 4.79 Å². The Hall–Kier alpha value is -2.04. The summed E-state index contributed by atoms with van der Waals surface area (Å²) < 4.78 is 5.24. The maximum absolute atomic E-state index is 11.8. The fourth-order valence-corrected chi connectivity index (χ4v) is 1.56. The maximum Gasteiger partial charge on any atom is 0.410 e. The van der Waals surface area contributed by atoms with Crippen LogP contribution >= 0.6 is 0 Å². The number of rotatable bonds is 3. The number of amides is 2. The van der Waals surface area contributed by atoms with Gasteiger partial charge in [0, 0.05) is 19.2 Å². The van der Waals surface area contributed by atoms with E-state index in [2.05, 4.69) is 0 Å². The molecule has 19 heavy (non-hydrogen) atoms. The quantitative estimate of drug-likeness (QED) is 0.909. The van der Waals surface area contributed by atoms with Crippen molar-refractivity contribution in [2.45, 2.75) is 32.9 Å². The van der Waals surface area contributed by atoms with E-state index in [0.717, 1.165) is 0 Å². The molecule has 0 radical (unpaired) electrons. The number of hydrogen-bond acceptors (Lipinski definition) is 3. The molecule has 0 heterocycles. The van der Waals surface area contributed by atoms with Crippen molar-refractivity contribution in [2.24, 2.45) is 5.73 Å². The number of benzene rings is 1. The number of nitrogens with zero attached hydrogens (tertiary/aromatic N) is 1. The summed E-state index contributed by atoms with van der Waals surface area (Å²) in [5, 5.41) is 0. The SMILES string of the molecule is CN(Cc1ccccc1C(N)=O)C(=O)OC(C)(C)C. The molecule has 0 fully saturated rings. The second-order valence-electron chi connectivity index (χ2n) is 5.36. The van der Waals surface area contributed by atoms with Crippen molar-refractivity contribution in [2.75, 3.05) is 7.05 Å². The fraction of sp³-hybridized carbons (Fsp3) is 0.429. The topological polar surface area (TPSA) is 72.6 Å². The molecule has 5 nitrogen and oxygen atoms in total. The van der Waals surface area contributed by atoms with E-state index in [4.69, 9.17) is 10.5 Å². The van der Waals surface area contributed by atoms with Gasteiger partial charge in [-0.05, 0) is 32.4 Å². The van der Waals surface area contributed by atoms with Crippen LogP contribution in [-0.2, 0) is 11.3 Å². The second kappa shape index (κ2) is 5.73. The van der Waals surface area contributed by atoms with E-state index < -0.39 is 17.6 Å². The number of hydrogen-bond donors (Lipinski definition) is 1. The van der Waals surface area contributed by atoms with Crippen molar-refractivity contribution in [3.63, 3.8) is 0 Å². The first kappa shape index (κ1) is 15.0. The smallest absolute Gasteiger partial charge is 0.410 e. The molecule has 1 aromatic rings. The van der Waals surface area contributed by atoms with Crippen LogP contribution in [0.25, 0.3) is 0 Å². The first-order valence-electron chi connectivity index (χ1n) is 6.02. The number of carbonyl (C=O) groups is 2. The van der Waals surface area contributed by atoms with E-state index >= 15 is 0 Å². The number of nitrogens with two attached hydrogens (primary N) is 1. The predicted molar refractivity (Wildman–Crippen MR) is 72.7 cm³/mol. The van der Waals surface area contributed by atoms with Crippen molar-refractivity contribution in [3.8, 4) is 0 Å². The van der Waals surface area contributed by atoms with Gasteiger partial charge in [-0.3, -0.25) is 4.79 Å². The summed E-state index contributed by atoms with van der Waals surface area (Å²) in [6.45, 7) is 5.68. The van der Waals surface area contributed by atoms with E-state index in [1.807, 2.05) is 0 Å². The molecule has 0 unspecified atom stereocenters. The lowest BCUT2D eigenvalue weighted by atomic mass is 10.1. The summed E-state index contributed by atoms with van der Waals surface area (Å²) in [5.41, 5.74) is 5.86. The molecule has 0 aliphatic heterocycles. The lowest BCUT2D eigenvalue weighted by molar-refractivity contribution is 0.0284. The standard InChI is InChI=1S/C14H20N2O3/c1-14(2,3)19-13(18)16(4)9-10-7-5-6-8-11(10)12(15)17/h5-8H,9H2,1-4H3,(H2,15,17). The van der Waals surface area contributed by atoms with Gasteiger partial charge < -0.3 is 15.4 Å². The Morgan fingerprint density at radius 1 is 1.26 bits per heavy atom. The molecule has 0 atom stereocenters. The Kier molecular flexibility index (Phi) is 4.53. The first-order valence-corrected chi connectivity index (χ1v) is 6.02. The summed E-state index contributed by atoms with van der Waals surface area (Å²) in [5.74, 6) is -0.506. The van der Waals surface area contributed by atoms with Crippen molar-refractivity contribution in [3.05, 3.63) is 35.4 Å². The van der Waals surface area contributed by atoms with Gasteiger partial charge in [0.1, 0.15) is 5.60 Å². The lowest BCUT2D eigenvalue weighted by Gasteiger charge is -2.25. The normalized spacial score (nSPS) is 10.9. The fourth-order valence-electron chi connectivity index (χ4n) is 1.56. The van der Waals surface area contributed by atoms with Crippen LogP contribution in [0.15, 0.2) is 24.3 Å². The van der Waals surface area contributed by atoms with Crippen LogP contribution in [-0.4, -0.2) is 29.5 Å². The minimum Gasteiger partial charge on any atom is -0.444 e. The van der Waals surface area contributed by atoms with E-state index in [1.54, 1.807) is 52.1 Å². The van der Waals surface area contributed by atoms with E-state index in [-0.39, 0.29) is 6.54 Å². The molecule has 0 saturated carbocycles. The van der Waals surface area contributed by atoms with E-state index in [1.165, 1.54) is 4.90 Å². The third kappa shape index (κ3) is 4.62. The Morgan fingerprint density at radius 2 is 1.84 bits per heavy atom. The van der Waals surface area contributed by atoms with Gasteiger partial charge in [0.15, 0.2) is 0 Å². The van der Waals surface area contributed by atoms with Crippen molar-refractivity contribution in [1.82, 2.24) is 4.90 Å². The lowest BCUT2D eigenvalue weighted by Crippen LogP contribution is -2.34. The molecule has 5 heteroatoms. The summed E-state index contributed by atoms with van der Waals surface area (Å²) in [6, 6.07) is 6.93. The van der Waals surface area contributed by atoms with Gasteiger partial charge in [-0.15, -0.1) is 0 Å². The van der Waals surface area contributed by atoms with Crippen LogP contribution in [0.1, 0.15) is 36.7 Å². The third-order valence-electron chi connectivity index (χ3n) is 2.40. The van der Waals surface area contributed by atoms with Crippen molar-refractivity contribution in [1.29, 1.82) is 0 Å². The average Bonchev–Trinajstić information content (AvgIpc) is 2.27. The van der Waals surface area contributed by atoms with Crippen LogP contribution in [0.5, 0.6) is 0 Å².